The van der Waals surface area contributed by atoms with Crippen molar-refractivity contribution in [1.29, 1.82) is 0 Å². The van der Waals surface area contributed by atoms with Crippen molar-refractivity contribution in [3.63, 3.8) is 0 Å². The molecule has 0 fully saturated rings. The molecular weight excluding hydrogens is 188 g/mol. The Morgan fingerprint density at radius 3 is 1.17 bits per heavy atom. The zero-order chi connectivity index (χ0) is 8.74. The van der Waals surface area contributed by atoms with Gasteiger partial charge in [0.05, 0.1) is 0 Å². The van der Waals surface area contributed by atoms with Gasteiger partial charge in [-0.25, -0.2) is 15.0 Å². The van der Waals surface area contributed by atoms with Gasteiger partial charge in [0.25, 0.3) is 0 Å². The molecule has 5 N–H and O–H groups in total. The van der Waals surface area contributed by atoms with Gasteiger partial charge in [-0.2, -0.15) is 8.42 Å². The van der Waals surface area contributed by atoms with Crippen molar-refractivity contribution in [3.05, 3.63) is 19.0 Å². The van der Waals surface area contributed by atoms with Gasteiger partial charge < -0.3 is 6.15 Å². The highest BCUT2D eigenvalue weighted by Crippen LogP contribution is 1.59. The van der Waals surface area contributed by atoms with Crippen molar-refractivity contribution in [2.75, 3.05) is 0 Å². The monoisotopic (exact) mass is 196 g/mol. The quantitative estimate of drug-likeness (QED) is 0.465. The highest BCUT2D eigenvalue weighted by atomic mass is 32.3. The first-order chi connectivity index (χ1) is 5.00. The van der Waals surface area contributed by atoms with Crippen LogP contribution in [-0.4, -0.2) is 32.5 Å². The molecule has 9 heteroatoms. The lowest BCUT2D eigenvalue weighted by molar-refractivity contribution is 0.381. The van der Waals surface area contributed by atoms with Crippen LogP contribution in [0.15, 0.2) is 19.0 Å². The Kier molecular flexibility index (Phi) is 7.32. The molecular formula is C3H8N4O4S. The summed E-state index contributed by atoms with van der Waals surface area (Å²) < 4.78 is 31.6. The lowest BCUT2D eigenvalue weighted by atomic mass is 11.1. The maximum atomic E-state index is 8.74. The van der Waals surface area contributed by atoms with Crippen LogP contribution in [-0.2, 0) is 10.4 Å². The van der Waals surface area contributed by atoms with Gasteiger partial charge in [-0.1, -0.05) is 0 Å². The van der Waals surface area contributed by atoms with E-state index in [-0.39, 0.29) is 6.15 Å². The van der Waals surface area contributed by atoms with E-state index in [1.807, 2.05) is 0 Å². The minimum atomic E-state index is -4.67. The van der Waals surface area contributed by atoms with Crippen LogP contribution in [0.2, 0.25) is 0 Å². The Morgan fingerprint density at radius 2 is 1.08 bits per heavy atom. The number of rotatable bonds is 0. The third-order valence-electron chi connectivity index (χ3n) is 0.400. The summed E-state index contributed by atoms with van der Waals surface area (Å²) in [6.45, 7) is 0. The lowest BCUT2D eigenvalue weighted by Crippen LogP contribution is -1.89. The van der Waals surface area contributed by atoms with Crippen LogP contribution in [0.4, 0.5) is 0 Å². The van der Waals surface area contributed by atoms with E-state index >= 15 is 0 Å². The molecule has 0 saturated carbocycles. The first-order valence-corrected chi connectivity index (χ1v) is 3.64. The summed E-state index contributed by atoms with van der Waals surface area (Å²) in [6.07, 6.45) is 4.31. The van der Waals surface area contributed by atoms with Crippen LogP contribution in [0.25, 0.3) is 0 Å². The maximum absolute atomic E-state index is 8.74. The largest absolute Gasteiger partial charge is 0.394 e. The van der Waals surface area contributed by atoms with Crippen LogP contribution in [0, 0.1) is 0 Å². The molecule has 1 heterocycles. The fourth-order valence-corrected chi connectivity index (χ4v) is 0.205. The standard InChI is InChI=1S/C3H3N3.H3N.H2O4S/c1-4-2-6-3-5-1;;1-5(2,3)4/h1-3H;1H3;(H2,1,2,3,4). The summed E-state index contributed by atoms with van der Waals surface area (Å²) >= 11 is 0. The van der Waals surface area contributed by atoms with E-state index in [9.17, 15) is 0 Å². The van der Waals surface area contributed by atoms with Crippen LogP contribution in [0.3, 0.4) is 0 Å². The SMILES string of the molecule is N.O=S(=O)(O)O.c1ncncn1. The van der Waals surface area contributed by atoms with E-state index in [1.165, 1.54) is 19.0 Å². The van der Waals surface area contributed by atoms with Gasteiger partial charge >= 0.3 is 10.4 Å². The molecule has 0 aromatic carbocycles. The molecule has 8 nitrogen and oxygen atoms in total. The first kappa shape index (κ1) is 13.4. The van der Waals surface area contributed by atoms with Gasteiger partial charge in [0, 0.05) is 0 Å². The fourth-order valence-electron chi connectivity index (χ4n) is 0.205. The molecule has 1 aromatic rings. The Hall–Kier alpha value is -1.16. The molecule has 0 bridgehead atoms. The van der Waals surface area contributed by atoms with E-state index in [0.717, 1.165) is 0 Å². The minimum absolute atomic E-state index is 0. The molecule has 12 heavy (non-hydrogen) atoms. The van der Waals surface area contributed by atoms with Gasteiger partial charge in [-0.15, -0.1) is 0 Å². The Labute approximate surface area is 68.9 Å². The lowest BCUT2D eigenvalue weighted by Gasteiger charge is -1.69. The molecule has 0 unspecified atom stereocenters. The third-order valence-corrected chi connectivity index (χ3v) is 0.400. The molecule has 1 aromatic heterocycles. The van der Waals surface area contributed by atoms with Crippen molar-refractivity contribution >= 4 is 10.4 Å². The van der Waals surface area contributed by atoms with Crippen molar-refractivity contribution in [2.24, 2.45) is 0 Å². The van der Waals surface area contributed by atoms with E-state index in [1.54, 1.807) is 0 Å². The number of aromatic nitrogens is 3. The zero-order valence-electron chi connectivity index (χ0n) is 5.90. The molecule has 0 radical (unpaired) electrons. The van der Waals surface area contributed by atoms with E-state index in [2.05, 4.69) is 15.0 Å². The van der Waals surface area contributed by atoms with E-state index in [0.29, 0.717) is 0 Å². The Bertz CT molecular complexity index is 239. The molecule has 0 aliphatic carbocycles. The molecule has 0 atom stereocenters. The van der Waals surface area contributed by atoms with E-state index < -0.39 is 10.4 Å². The summed E-state index contributed by atoms with van der Waals surface area (Å²) in [5.41, 5.74) is 0. The van der Waals surface area contributed by atoms with Gasteiger partial charge in [0.2, 0.25) is 0 Å². The van der Waals surface area contributed by atoms with Crippen molar-refractivity contribution in [2.45, 2.75) is 0 Å². The highest BCUT2D eigenvalue weighted by Gasteiger charge is 1.84. The van der Waals surface area contributed by atoms with Crippen LogP contribution < -0.4 is 6.15 Å². The second-order valence-corrected chi connectivity index (χ2v) is 2.14. The molecule has 0 spiro atoms. The summed E-state index contributed by atoms with van der Waals surface area (Å²) in [4.78, 5) is 10.7. The smallest absolute Gasteiger partial charge is 0.344 e. The molecule has 0 aliphatic heterocycles. The topological polar surface area (TPSA) is 148 Å². The molecule has 0 amide bonds. The van der Waals surface area contributed by atoms with Crippen LogP contribution >= 0.6 is 0 Å². The molecule has 1 rings (SSSR count). The third kappa shape index (κ3) is 23.2. The van der Waals surface area contributed by atoms with Crippen molar-refractivity contribution in [1.82, 2.24) is 21.1 Å². The second kappa shape index (κ2) is 6.54. The molecule has 0 saturated heterocycles. The number of hydrogen-bond acceptors (Lipinski definition) is 6. The maximum Gasteiger partial charge on any atom is 0.394 e. The Balaban J connectivity index is 0. The molecule has 70 valence electrons. The van der Waals surface area contributed by atoms with Gasteiger partial charge in [-0.3, -0.25) is 9.11 Å². The summed E-state index contributed by atoms with van der Waals surface area (Å²) in [5.74, 6) is 0. The predicted octanol–water partition coefficient (Wildman–Crippen LogP) is -0.619. The average Bonchev–Trinajstić information content (AvgIpc) is 1.88. The Morgan fingerprint density at radius 1 is 0.917 bits per heavy atom. The van der Waals surface area contributed by atoms with Crippen LogP contribution in [0.5, 0.6) is 0 Å². The van der Waals surface area contributed by atoms with Gasteiger partial charge in [0.15, 0.2) is 0 Å². The zero-order valence-corrected chi connectivity index (χ0v) is 6.72. The summed E-state index contributed by atoms with van der Waals surface area (Å²) in [6, 6.07) is 0. The summed E-state index contributed by atoms with van der Waals surface area (Å²) in [5, 5.41) is 0. The molecule has 0 aliphatic rings. The predicted molar refractivity (Wildman–Crippen MR) is 39.0 cm³/mol. The highest BCUT2D eigenvalue weighted by molar-refractivity contribution is 7.79. The normalized spacial score (nSPS) is 8.83. The van der Waals surface area contributed by atoms with Crippen molar-refractivity contribution < 1.29 is 17.5 Å². The number of nitrogens with zero attached hydrogens (tertiary/aromatic N) is 3. The van der Waals surface area contributed by atoms with Crippen molar-refractivity contribution in [3.8, 4) is 0 Å². The average molecular weight is 196 g/mol. The van der Waals surface area contributed by atoms with Crippen LogP contribution in [0.1, 0.15) is 0 Å². The van der Waals surface area contributed by atoms with E-state index in [4.69, 9.17) is 17.5 Å². The first-order valence-electron chi connectivity index (χ1n) is 2.25. The second-order valence-electron chi connectivity index (χ2n) is 1.24. The minimum Gasteiger partial charge on any atom is -0.344 e. The fraction of sp³-hybridized carbons (Fsp3) is 0. The van der Waals surface area contributed by atoms with Gasteiger partial charge in [0.1, 0.15) is 19.0 Å². The van der Waals surface area contributed by atoms with Gasteiger partial charge in [-0.05, 0) is 0 Å². The number of hydrogen-bond donors (Lipinski definition) is 3. The summed E-state index contributed by atoms with van der Waals surface area (Å²) in [7, 11) is -4.67.